The summed E-state index contributed by atoms with van der Waals surface area (Å²) in [6.45, 7) is 1.83. The molecule has 2 rings (SSSR count). The number of esters is 1. The molecule has 0 aliphatic heterocycles. The number of hydrogen-bond donors (Lipinski definition) is 0. The first-order valence-corrected chi connectivity index (χ1v) is 5.74. The van der Waals surface area contributed by atoms with E-state index >= 15 is 0 Å². The molecule has 19 heavy (non-hydrogen) atoms. The van der Waals surface area contributed by atoms with Crippen LogP contribution in [0, 0.1) is 6.92 Å². The van der Waals surface area contributed by atoms with Gasteiger partial charge >= 0.3 is 5.97 Å². The molecule has 0 fully saturated rings. The molecule has 0 amide bonds. The molecule has 0 atom stereocenters. The molecule has 0 spiro atoms. The van der Waals surface area contributed by atoms with Crippen LogP contribution in [0.5, 0.6) is 0 Å². The van der Waals surface area contributed by atoms with Crippen LogP contribution in [-0.4, -0.2) is 23.9 Å². The molecule has 0 aliphatic carbocycles. The Morgan fingerprint density at radius 3 is 2.74 bits per heavy atom. The van der Waals surface area contributed by atoms with Crippen molar-refractivity contribution in [3.05, 3.63) is 45.7 Å². The highest BCUT2D eigenvalue weighted by molar-refractivity contribution is 6.03. The van der Waals surface area contributed by atoms with Gasteiger partial charge in [-0.25, -0.2) is 4.79 Å². The van der Waals surface area contributed by atoms with E-state index in [4.69, 9.17) is 0 Å². The normalized spacial score (nSPS) is 10.4. The van der Waals surface area contributed by atoms with Crippen LogP contribution >= 0.6 is 0 Å². The summed E-state index contributed by atoms with van der Waals surface area (Å²) in [5.41, 5.74) is 1.31. The highest BCUT2D eigenvalue weighted by Gasteiger charge is 2.14. The van der Waals surface area contributed by atoms with Crippen LogP contribution in [0.4, 0.5) is 0 Å². The van der Waals surface area contributed by atoms with E-state index in [0.29, 0.717) is 17.2 Å². The Kier molecular flexibility index (Phi) is 3.46. The molecule has 1 aromatic carbocycles. The van der Waals surface area contributed by atoms with E-state index in [2.05, 4.69) is 4.74 Å². The van der Waals surface area contributed by atoms with Gasteiger partial charge in [-0.15, -0.1) is 0 Å². The van der Waals surface area contributed by atoms with Crippen LogP contribution in [0.2, 0.25) is 0 Å². The first-order chi connectivity index (χ1) is 9.08. The predicted molar refractivity (Wildman–Crippen MR) is 70.3 cm³/mol. The smallest absolute Gasteiger partial charge is 0.338 e. The van der Waals surface area contributed by atoms with Gasteiger partial charge in [-0.05, 0) is 18.6 Å². The Bertz CT molecular complexity index is 715. The van der Waals surface area contributed by atoms with Crippen LogP contribution < -0.4 is 5.56 Å². The topological polar surface area (TPSA) is 65.4 Å². The number of ether oxygens (including phenoxy) is 1. The number of carbonyl (C=O) groups is 2. The second-order valence-corrected chi connectivity index (χ2v) is 4.19. The number of nitrogens with zero attached hydrogens (tertiary/aromatic N) is 1. The van der Waals surface area contributed by atoms with Crippen molar-refractivity contribution >= 4 is 23.2 Å². The highest BCUT2D eigenvalue weighted by atomic mass is 16.5. The summed E-state index contributed by atoms with van der Waals surface area (Å²) in [5, 5.41) is 0.596. The van der Waals surface area contributed by atoms with Crippen molar-refractivity contribution in [3.63, 3.8) is 0 Å². The number of pyridine rings is 1. The first kappa shape index (κ1) is 13.0. The van der Waals surface area contributed by atoms with Gasteiger partial charge in [0.25, 0.3) is 5.56 Å². The number of hydrogen-bond acceptors (Lipinski definition) is 4. The third-order valence-corrected chi connectivity index (χ3v) is 2.93. The molecule has 2 aromatic rings. The van der Waals surface area contributed by atoms with Gasteiger partial charge in [0.05, 0.1) is 24.7 Å². The van der Waals surface area contributed by atoms with E-state index in [-0.39, 0.29) is 12.1 Å². The Hall–Kier alpha value is -2.43. The van der Waals surface area contributed by atoms with Gasteiger partial charge in [-0.2, -0.15) is 0 Å². The predicted octanol–water partition coefficient (Wildman–Crippen LogP) is 1.30. The zero-order chi connectivity index (χ0) is 14.0. The molecule has 5 heteroatoms. The average molecular weight is 259 g/mol. The number of fused-ring (bicyclic) bond motifs is 1. The maximum Gasteiger partial charge on any atom is 0.338 e. The average Bonchev–Trinajstić information content (AvgIpc) is 2.40. The third-order valence-electron chi connectivity index (χ3n) is 2.93. The number of methoxy groups -OCH3 is 1. The molecule has 0 radical (unpaired) electrons. The van der Waals surface area contributed by atoms with E-state index in [1.165, 1.54) is 17.7 Å². The third kappa shape index (κ3) is 2.27. The first-order valence-electron chi connectivity index (χ1n) is 5.74. The summed E-state index contributed by atoms with van der Waals surface area (Å²) in [5.74, 6) is -0.566. The van der Waals surface area contributed by atoms with Crippen molar-refractivity contribution in [2.24, 2.45) is 0 Å². The molecule has 1 heterocycles. The minimum Gasteiger partial charge on any atom is -0.465 e. The van der Waals surface area contributed by atoms with E-state index in [1.807, 2.05) is 13.0 Å². The van der Waals surface area contributed by atoms with Gasteiger partial charge in [-0.3, -0.25) is 4.79 Å². The molecule has 98 valence electrons. The number of aldehydes is 1. The molecule has 0 N–H and O–H groups in total. The fourth-order valence-electron chi connectivity index (χ4n) is 2.03. The standard InChI is InChI=1S/C14H13NO4/c1-9-3-4-10-11(14(18)19-2)8-13(17)15(5-6-16)12(10)7-9/h3-4,6-8H,5H2,1-2H3. The van der Waals surface area contributed by atoms with Gasteiger partial charge in [0.15, 0.2) is 0 Å². The fraction of sp³-hybridized carbons (Fsp3) is 0.214. The molecule has 1 aromatic heterocycles. The SMILES string of the molecule is COC(=O)c1cc(=O)n(CC=O)c2cc(C)ccc12. The van der Waals surface area contributed by atoms with Crippen LogP contribution in [0.15, 0.2) is 29.1 Å². The Morgan fingerprint density at radius 2 is 2.11 bits per heavy atom. The van der Waals surface area contributed by atoms with Crippen molar-refractivity contribution in [1.82, 2.24) is 4.57 Å². The number of carbonyl (C=O) groups excluding carboxylic acids is 2. The Morgan fingerprint density at radius 1 is 1.37 bits per heavy atom. The number of aryl methyl sites for hydroxylation is 1. The summed E-state index contributed by atoms with van der Waals surface area (Å²) >= 11 is 0. The van der Waals surface area contributed by atoms with Crippen molar-refractivity contribution < 1.29 is 14.3 Å². The molecule has 5 nitrogen and oxygen atoms in total. The Labute approximate surface area is 109 Å². The maximum atomic E-state index is 12.0. The van der Waals surface area contributed by atoms with E-state index in [9.17, 15) is 14.4 Å². The summed E-state index contributed by atoms with van der Waals surface area (Å²) in [7, 11) is 1.26. The van der Waals surface area contributed by atoms with Gasteiger partial charge < -0.3 is 14.1 Å². The summed E-state index contributed by atoms with van der Waals surface area (Å²) < 4.78 is 6.01. The number of benzene rings is 1. The summed E-state index contributed by atoms with van der Waals surface area (Å²) in [6, 6.07) is 6.56. The molecule has 0 aliphatic rings. The second kappa shape index (κ2) is 5.06. The second-order valence-electron chi connectivity index (χ2n) is 4.19. The lowest BCUT2D eigenvalue weighted by Gasteiger charge is -2.11. The van der Waals surface area contributed by atoms with Crippen LogP contribution in [0.3, 0.4) is 0 Å². The lowest BCUT2D eigenvalue weighted by Crippen LogP contribution is -2.23. The minimum absolute atomic E-state index is 0.0414. The monoisotopic (exact) mass is 259 g/mol. The maximum absolute atomic E-state index is 12.0. The van der Waals surface area contributed by atoms with Crippen molar-refractivity contribution in [2.75, 3.05) is 7.11 Å². The van der Waals surface area contributed by atoms with Crippen molar-refractivity contribution in [3.8, 4) is 0 Å². The molecule has 0 bridgehead atoms. The van der Waals surface area contributed by atoms with E-state index in [0.717, 1.165) is 5.56 Å². The number of rotatable bonds is 3. The lowest BCUT2D eigenvalue weighted by atomic mass is 10.1. The van der Waals surface area contributed by atoms with Crippen molar-refractivity contribution in [1.29, 1.82) is 0 Å². The van der Waals surface area contributed by atoms with Crippen LogP contribution in [0.25, 0.3) is 10.9 Å². The molecule has 0 unspecified atom stereocenters. The summed E-state index contributed by atoms with van der Waals surface area (Å²) in [6.07, 6.45) is 0.654. The van der Waals surface area contributed by atoms with Crippen LogP contribution in [0.1, 0.15) is 15.9 Å². The fourth-order valence-corrected chi connectivity index (χ4v) is 2.03. The number of aromatic nitrogens is 1. The Balaban J connectivity index is 2.89. The molecular weight excluding hydrogens is 246 g/mol. The van der Waals surface area contributed by atoms with Gasteiger partial charge in [0, 0.05) is 11.5 Å². The lowest BCUT2D eigenvalue weighted by molar-refractivity contribution is -0.108. The summed E-state index contributed by atoms with van der Waals surface area (Å²) in [4.78, 5) is 34.3. The largest absolute Gasteiger partial charge is 0.465 e. The van der Waals surface area contributed by atoms with Gasteiger partial charge in [0.2, 0.25) is 0 Å². The zero-order valence-electron chi connectivity index (χ0n) is 10.7. The van der Waals surface area contributed by atoms with Gasteiger partial charge in [0.1, 0.15) is 6.29 Å². The van der Waals surface area contributed by atoms with Crippen molar-refractivity contribution in [2.45, 2.75) is 13.5 Å². The van der Waals surface area contributed by atoms with E-state index in [1.54, 1.807) is 12.1 Å². The molecule has 0 saturated carbocycles. The van der Waals surface area contributed by atoms with E-state index < -0.39 is 11.5 Å². The minimum atomic E-state index is -0.566. The highest BCUT2D eigenvalue weighted by Crippen LogP contribution is 2.19. The van der Waals surface area contributed by atoms with Crippen LogP contribution in [-0.2, 0) is 16.1 Å². The molecular formula is C14H13NO4. The zero-order valence-corrected chi connectivity index (χ0v) is 10.7. The molecule has 0 saturated heterocycles. The quantitative estimate of drug-likeness (QED) is 0.615. The van der Waals surface area contributed by atoms with Gasteiger partial charge in [-0.1, -0.05) is 12.1 Å².